The number of carbonyl (C=O) groups is 1. The van der Waals surface area contributed by atoms with Gasteiger partial charge >= 0.3 is 0 Å². The van der Waals surface area contributed by atoms with Crippen molar-refractivity contribution in [3.05, 3.63) is 35.4 Å². The third-order valence-electron chi connectivity index (χ3n) is 1.18. The van der Waals surface area contributed by atoms with E-state index in [1.54, 1.807) is 0 Å². The lowest BCUT2D eigenvalue weighted by molar-refractivity contribution is -0.117. The van der Waals surface area contributed by atoms with Gasteiger partial charge in [0.05, 0.1) is 0 Å². The summed E-state index contributed by atoms with van der Waals surface area (Å²) < 4.78 is 0. The zero-order chi connectivity index (χ0) is 11.0. The Morgan fingerprint density at radius 3 is 2.00 bits per heavy atom. The van der Waals surface area contributed by atoms with E-state index in [4.69, 9.17) is 40.5 Å². The first-order valence-corrected chi connectivity index (χ1v) is 5.12. The van der Waals surface area contributed by atoms with Crippen LogP contribution in [0.1, 0.15) is 0 Å². The molecule has 0 fully saturated rings. The number of halogens is 3. The lowest BCUT2D eigenvalue weighted by atomic mass is 10.4. The molecular formula is C9H10Cl3NO. The van der Waals surface area contributed by atoms with Crippen LogP contribution < -0.4 is 5.73 Å². The molecule has 1 atom stereocenters. The molecule has 1 aromatic rings. The highest BCUT2D eigenvalue weighted by Gasteiger charge is 2.06. The van der Waals surface area contributed by atoms with E-state index in [0.29, 0.717) is 0 Å². The van der Waals surface area contributed by atoms with Gasteiger partial charge in [0, 0.05) is 10.9 Å². The van der Waals surface area contributed by atoms with Gasteiger partial charge in [0.15, 0.2) is 0 Å². The number of amides is 1. The normalized spacial score (nSPS) is 11.1. The fourth-order valence-corrected chi connectivity index (χ4v) is 0.788. The third-order valence-corrected chi connectivity index (χ3v) is 2.27. The molecule has 0 aliphatic carbocycles. The van der Waals surface area contributed by atoms with E-state index in [1.807, 2.05) is 30.3 Å². The molecule has 78 valence electrons. The molecule has 1 unspecified atom stereocenters. The highest BCUT2D eigenvalue weighted by molar-refractivity contribution is 6.35. The molecule has 0 saturated carbocycles. The van der Waals surface area contributed by atoms with Crippen molar-refractivity contribution in [1.82, 2.24) is 0 Å². The Balaban J connectivity index is 0.000000241. The predicted octanol–water partition coefficient (Wildman–Crippen LogP) is 2.66. The largest absolute Gasteiger partial charge is 0.368 e. The molecular weight excluding hydrogens is 244 g/mol. The van der Waals surface area contributed by atoms with Crippen molar-refractivity contribution in [3.63, 3.8) is 0 Å². The maximum atomic E-state index is 9.94. The number of alkyl halides is 2. The fraction of sp³-hybridized carbons (Fsp3) is 0.222. The van der Waals surface area contributed by atoms with E-state index in [0.717, 1.165) is 5.02 Å². The first kappa shape index (κ1) is 13.6. The molecule has 1 aromatic carbocycles. The van der Waals surface area contributed by atoms with Crippen molar-refractivity contribution in [3.8, 4) is 0 Å². The van der Waals surface area contributed by atoms with Gasteiger partial charge in [0.1, 0.15) is 5.38 Å². The van der Waals surface area contributed by atoms with Crippen LogP contribution in [-0.4, -0.2) is 17.2 Å². The Labute approximate surface area is 97.9 Å². The number of nitrogens with two attached hydrogens (primary N) is 1. The Hall–Kier alpha value is -0.440. The minimum atomic E-state index is -0.721. The van der Waals surface area contributed by atoms with Crippen molar-refractivity contribution in [1.29, 1.82) is 0 Å². The predicted molar refractivity (Wildman–Crippen MR) is 61.0 cm³/mol. The summed E-state index contributed by atoms with van der Waals surface area (Å²) in [6, 6.07) is 9.44. The van der Waals surface area contributed by atoms with Gasteiger partial charge in [0.25, 0.3) is 0 Å². The minimum absolute atomic E-state index is 0.0802. The first-order chi connectivity index (χ1) is 6.57. The molecule has 0 heterocycles. The summed E-state index contributed by atoms with van der Waals surface area (Å²) in [5, 5.41) is 0.0733. The topological polar surface area (TPSA) is 43.1 Å². The van der Waals surface area contributed by atoms with E-state index in [-0.39, 0.29) is 5.88 Å². The van der Waals surface area contributed by atoms with Crippen molar-refractivity contribution in [2.75, 3.05) is 5.88 Å². The molecule has 0 bridgehead atoms. The Morgan fingerprint density at radius 2 is 1.86 bits per heavy atom. The lowest BCUT2D eigenvalue weighted by Crippen LogP contribution is -2.24. The molecule has 5 heteroatoms. The van der Waals surface area contributed by atoms with Gasteiger partial charge in [-0.25, -0.2) is 0 Å². The molecule has 0 aliphatic heterocycles. The van der Waals surface area contributed by atoms with Crippen molar-refractivity contribution < 1.29 is 4.79 Å². The number of carbonyl (C=O) groups excluding carboxylic acids is 1. The smallest absolute Gasteiger partial charge is 0.236 e. The van der Waals surface area contributed by atoms with Crippen molar-refractivity contribution in [2.24, 2.45) is 5.73 Å². The van der Waals surface area contributed by atoms with Gasteiger partial charge < -0.3 is 5.73 Å². The number of primary amides is 1. The third kappa shape index (κ3) is 7.01. The average Bonchev–Trinajstić information content (AvgIpc) is 2.18. The molecule has 2 nitrogen and oxygen atoms in total. The maximum Gasteiger partial charge on any atom is 0.236 e. The van der Waals surface area contributed by atoms with E-state index >= 15 is 0 Å². The summed E-state index contributed by atoms with van der Waals surface area (Å²) in [4.78, 5) is 9.94. The van der Waals surface area contributed by atoms with E-state index in [9.17, 15) is 4.79 Å². The number of hydrogen-bond donors (Lipinski definition) is 1. The van der Waals surface area contributed by atoms with Gasteiger partial charge in [-0.3, -0.25) is 4.79 Å². The summed E-state index contributed by atoms with van der Waals surface area (Å²) in [7, 11) is 0. The van der Waals surface area contributed by atoms with Crippen LogP contribution in [0.5, 0.6) is 0 Å². The van der Waals surface area contributed by atoms with E-state index in [2.05, 4.69) is 0 Å². The second-order valence-electron chi connectivity index (χ2n) is 2.32. The van der Waals surface area contributed by atoms with Crippen LogP contribution in [0.15, 0.2) is 30.3 Å². The molecule has 0 radical (unpaired) electrons. The summed E-state index contributed by atoms with van der Waals surface area (Å²) >= 11 is 15.8. The highest BCUT2D eigenvalue weighted by Crippen LogP contribution is 2.03. The molecule has 2 N–H and O–H groups in total. The van der Waals surface area contributed by atoms with Crippen LogP contribution >= 0.6 is 34.8 Å². The molecule has 0 aromatic heterocycles. The SMILES string of the molecule is Clc1ccccc1.NC(=O)C(Cl)CCl. The van der Waals surface area contributed by atoms with Gasteiger partial charge in [-0.1, -0.05) is 29.8 Å². The van der Waals surface area contributed by atoms with Crippen LogP contribution in [-0.2, 0) is 4.79 Å². The number of hydrogen-bond acceptors (Lipinski definition) is 1. The number of rotatable bonds is 2. The standard InChI is InChI=1S/C6H5Cl.C3H5Cl2NO/c7-6-4-2-1-3-5-6;4-1-2(5)3(6)7/h1-5H;2H,1H2,(H2,6,7). The lowest BCUT2D eigenvalue weighted by Gasteiger charge is -1.93. The van der Waals surface area contributed by atoms with Gasteiger partial charge in [-0.05, 0) is 12.1 Å². The number of benzene rings is 1. The quantitative estimate of drug-likeness (QED) is 0.810. The second-order valence-corrected chi connectivity index (χ2v) is 3.59. The van der Waals surface area contributed by atoms with Crippen LogP contribution in [0.4, 0.5) is 0 Å². The van der Waals surface area contributed by atoms with Gasteiger partial charge in [-0.15, -0.1) is 23.2 Å². The van der Waals surface area contributed by atoms with Crippen LogP contribution in [0.3, 0.4) is 0 Å². The molecule has 0 aliphatic rings. The van der Waals surface area contributed by atoms with Gasteiger partial charge in [0.2, 0.25) is 5.91 Å². The summed E-state index contributed by atoms with van der Waals surface area (Å²) in [5.74, 6) is -0.492. The van der Waals surface area contributed by atoms with Crippen LogP contribution in [0, 0.1) is 0 Å². The average molecular weight is 255 g/mol. The first-order valence-electron chi connectivity index (χ1n) is 3.77. The fourth-order valence-electron chi connectivity index (χ4n) is 0.491. The molecule has 0 spiro atoms. The Morgan fingerprint density at radius 1 is 1.36 bits per heavy atom. The van der Waals surface area contributed by atoms with E-state index < -0.39 is 11.3 Å². The zero-order valence-corrected chi connectivity index (χ0v) is 9.56. The Kier molecular flexibility index (Phi) is 7.67. The van der Waals surface area contributed by atoms with Crippen molar-refractivity contribution in [2.45, 2.75) is 5.38 Å². The molecule has 1 rings (SSSR count). The van der Waals surface area contributed by atoms with Crippen molar-refractivity contribution >= 4 is 40.7 Å². The minimum Gasteiger partial charge on any atom is -0.368 e. The zero-order valence-electron chi connectivity index (χ0n) is 7.29. The molecule has 1 amide bonds. The monoisotopic (exact) mass is 253 g/mol. The Bertz CT molecular complexity index is 266. The van der Waals surface area contributed by atoms with E-state index in [1.165, 1.54) is 0 Å². The van der Waals surface area contributed by atoms with Crippen LogP contribution in [0.2, 0.25) is 5.02 Å². The van der Waals surface area contributed by atoms with Crippen LogP contribution in [0.25, 0.3) is 0 Å². The summed E-state index contributed by atoms with van der Waals surface area (Å²) in [6.45, 7) is 0. The molecule has 14 heavy (non-hydrogen) atoms. The summed E-state index contributed by atoms with van der Waals surface area (Å²) in [6.07, 6.45) is 0. The summed E-state index contributed by atoms with van der Waals surface area (Å²) in [5.41, 5.74) is 4.69. The molecule has 0 saturated heterocycles. The maximum absolute atomic E-state index is 9.94. The highest BCUT2D eigenvalue weighted by atomic mass is 35.5. The second kappa shape index (κ2) is 7.92. The van der Waals surface area contributed by atoms with Gasteiger partial charge in [-0.2, -0.15) is 0 Å².